The lowest BCUT2D eigenvalue weighted by Crippen LogP contribution is -2.35. The van der Waals surface area contributed by atoms with E-state index in [-0.39, 0.29) is 10.5 Å². The van der Waals surface area contributed by atoms with Crippen molar-refractivity contribution in [2.45, 2.75) is 56.1 Å². The summed E-state index contributed by atoms with van der Waals surface area (Å²) in [6, 6.07) is 1.77. The zero-order chi connectivity index (χ0) is 22.0. The number of hydrogen-bond acceptors (Lipinski definition) is 5. The first-order valence-electron chi connectivity index (χ1n) is 11.1. The normalized spacial score (nSPS) is 19.3. The summed E-state index contributed by atoms with van der Waals surface area (Å²) in [6.45, 7) is 5.24. The van der Waals surface area contributed by atoms with Crippen LogP contribution in [0.2, 0.25) is 0 Å². The van der Waals surface area contributed by atoms with E-state index in [9.17, 15) is 13.2 Å². The molecule has 6 nitrogen and oxygen atoms in total. The predicted octanol–water partition coefficient (Wildman–Crippen LogP) is 3.58. The van der Waals surface area contributed by atoms with Gasteiger partial charge in [0.25, 0.3) is 5.56 Å². The molecule has 0 bridgehead atoms. The minimum atomic E-state index is -3.46. The molecule has 0 unspecified atom stereocenters. The molecule has 3 aliphatic rings. The van der Waals surface area contributed by atoms with E-state index >= 15 is 0 Å². The SMILES string of the molecule is CC(C)S(=O)(=O)c1cnc(N2CCC3(CC2)CC3)c(-c2cn(C)c(=O)c3c2C=CC3)c1. The molecule has 0 radical (unpaired) electrons. The van der Waals surface area contributed by atoms with Gasteiger partial charge < -0.3 is 9.47 Å². The van der Waals surface area contributed by atoms with Gasteiger partial charge in [-0.1, -0.05) is 12.2 Å². The van der Waals surface area contributed by atoms with Gasteiger partial charge in [0.05, 0.1) is 10.1 Å². The molecule has 31 heavy (non-hydrogen) atoms. The Morgan fingerprint density at radius 2 is 1.81 bits per heavy atom. The van der Waals surface area contributed by atoms with E-state index in [1.807, 2.05) is 18.3 Å². The van der Waals surface area contributed by atoms with E-state index in [1.54, 1.807) is 31.5 Å². The van der Waals surface area contributed by atoms with Gasteiger partial charge in [-0.2, -0.15) is 0 Å². The predicted molar refractivity (Wildman–Crippen MR) is 123 cm³/mol. The molecule has 3 heterocycles. The van der Waals surface area contributed by atoms with Gasteiger partial charge in [-0.15, -0.1) is 0 Å². The average molecular weight is 440 g/mol. The minimum absolute atomic E-state index is 0.00198. The molecule has 0 aromatic carbocycles. The van der Waals surface area contributed by atoms with Gasteiger partial charge in [-0.25, -0.2) is 13.4 Å². The molecule has 2 aromatic rings. The van der Waals surface area contributed by atoms with Gasteiger partial charge in [0.1, 0.15) is 5.82 Å². The third-order valence-electron chi connectivity index (χ3n) is 7.28. The zero-order valence-corrected chi connectivity index (χ0v) is 19.2. The Kier molecular flexibility index (Phi) is 4.66. The highest BCUT2D eigenvalue weighted by molar-refractivity contribution is 7.92. The number of fused-ring (bicyclic) bond motifs is 1. The number of hydrogen-bond donors (Lipinski definition) is 0. The molecule has 2 fully saturated rings. The molecule has 0 atom stereocenters. The Bertz CT molecular complexity index is 1240. The first-order chi connectivity index (χ1) is 14.7. The number of piperidine rings is 1. The van der Waals surface area contributed by atoms with Gasteiger partial charge in [-0.3, -0.25) is 4.79 Å². The van der Waals surface area contributed by atoms with Crippen molar-refractivity contribution in [1.82, 2.24) is 9.55 Å². The molecule has 164 valence electrons. The molecule has 2 aromatic heterocycles. The second-order valence-electron chi connectivity index (χ2n) is 9.58. The Balaban J connectivity index is 1.69. The van der Waals surface area contributed by atoms with Crippen LogP contribution in [0.3, 0.4) is 0 Å². The zero-order valence-electron chi connectivity index (χ0n) is 18.4. The van der Waals surface area contributed by atoms with Crippen molar-refractivity contribution in [2.75, 3.05) is 18.0 Å². The van der Waals surface area contributed by atoms with Crippen LogP contribution in [0.25, 0.3) is 17.2 Å². The first-order valence-corrected chi connectivity index (χ1v) is 12.6. The maximum atomic E-state index is 12.9. The highest BCUT2D eigenvalue weighted by Gasteiger charge is 2.44. The Morgan fingerprint density at radius 1 is 1.10 bits per heavy atom. The van der Waals surface area contributed by atoms with Gasteiger partial charge in [0.15, 0.2) is 9.84 Å². The van der Waals surface area contributed by atoms with Crippen molar-refractivity contribution >= 4 is 21.7 Å². The van der Waals surface area contributed by atoms with Crippen LogP contribution < -0.4 is 10.5 Å². The third kappa shape index (κ3) is 3.34. The molecule has 0 amide bonds. The summed E-state index contributed by atoms with van der Waals surface area (Å²) in [4.78, 5) is 19.9. The summed E-state index contributed by atoms with van der Waals surface area (Å²) >= 11 is 0. The van der Waals surface area contributed by atoms with E-state index < -0.39 is 15.1 Å². The number of nitrogens with zero attached hydrogens (tertiary/aromatic N) is 3. The molecule has 7 heteroatoms. The second-order valence-corrected chi connectivity index (χ2v) is 12.1. The van der Waals surface area contributed by atoms with Crippen LogP contribution in [0.1, 0.15) is 50.7 Å². The molecule has 1 spiro atoms. The van der Waals surface area contributed by atoms with Crippen LogP contribution in [0.5, 0.6) is 0 Å². The van der Waals surface area contributed by atoms with E-state index in [1.165, 1.54) is 19.0 Å². The number of rotatable bonds is 4. The summed E-state index contributed by atoms with van der Waals surface area (Å²) in [5.41, 5.74) is 3.86. The molecule has 2 aliphatic carbocycles. The van der Waals surface area contributed by atoms with E-state index in [4.69, 9.17) is 4.98 Å². The number of sulfone groups is 1. The molecular formula is C24H29N3O3S. The van der Waals surface area contributed by atoms with Crippen molar-refractivity contribution in [2.24, 2.45) is 12.5 Å². The van der Waals surface area contributed by atoms with Crippen molar-refractivity contribution in [3.05, 3.63) is 46.0 Å². The summed E-state index contributed by atoms with van der Waals surface area (Å²) < 4.78 is 27.5. The van der Waals surface area contributed by atoms with Crippen LogP contribution in [-0.4, -0.2) is 36.3 Å². The monoisotopic (exact) mass is 439 g/mol. The van der Waals surface area contributed by atoms with Gasteiger partial charge in [0.2, 0.25) is 0 Å². The standard InChI is InChI=1S/C24H29N3O3S/c1-16(2)31(29,30)17-13-20(21-15-26(3)23(28)19-6-4-5-18(19)21)22(25-14-17)27-11-9-24(7-8-24)10-12-27/h4-5,13-16H,6-12H2,1-3H3. The van der Waals surface area contributed by atoms with E-state index in [0.29, 0.717) is 11.8 Å². The van der Waals surface area contributed by atoms with Crippen molar-refractivity contribution in [3.63, 3.8) is 0 Å². The van der Waals surface area contributed by atoms with Crippen molar-refractivity contribution in [3.8, 4) is 11.1 Å². The summed E-state index contributed by atoms with van der Waals surface area (Å²) in [7, 11) is -1.71. The maximum absolute atomic E-state index is 12.9. The van der Waals surface area contributed by atoms with Gasteiger partial charge >= 0.3 is 0 Å². The number of aryl methyl sites for hydroxylation is 1. The molecule has 1 aliphatic heterocycles. The fraction of sp³-hybridized carbons (Fsp3) is 0.500. The van der Waals surface area contributed by atoms with Gasteiger partial charge in [-0.05, 0) is 63.0 Å². The van der Waals surface area contributed by atoms with Crippen molar-refractivity contribution in [1.29, 1.82) is 0 Å². The summed E-state index contributed by atoms with van der Waals surface area (Å²) in [6.07, 6.45) is 12.9. The van der Waals surface area contributed by atoms with E-state index in [0.717, 1.165) is 54.0 Å². The lowest BCUT2D eigenvalue weighted by Gasteiger charge is -2.34. The number of pyridine rings is 2. The van der Waals surface area contributed by atoms with Crippen molar-refractivity contribution < 1.29 is 8.42 Å². The third-order valence-corrected chi connectivity index (χ3v) is 9.41. The highest BCUT2D eigenvalue weighted by Crippen LogP contribution is 2.54. The van der Waals surface area contributed by atoms with Crippen LogP contribution in [0.15, 0.2) is 34.2 Å². The average Bonchev–Trinajstić information content (AvgIpc) is 3.31. The Hall–Kier alpha value is -2.41. The fourth-order valence-corrected chi connectivity index (χ4v) is 5.92. The second kappa shape index (κ2) is 7.05. The minimum Gasteiger partial charge on any atom is -0.356 e. The Morgan fingerprint density at radius 3 is 2.45 bits per heavy atom. The van der Waals surface area contributed by atoms with E-state index in [2.05, 4.69) is 4.90 Å². The largest absolute Gasteiger partial charge is 0.356 e. The quantitative estimate of drug-likeness (QED) is 0.728. The lowest BCUT2D eigenvalue weighted by molar-refractivity contribution is 0.383. The molecular weight excluding hydrogens is 410 g/mol. The maximum Gasteiger partial charge on any atom is 0.254 e. The smallest absolute Gasteiger partial charge is 0.254 e. The van der Waals surface area contributed by atoms with Crippen LogP contribution in [-0.2, 0) is 23.3 Å². The molecule has 1 saturated carbocycles. The molecule has 0 N–H and O–H groups in total. The number of anilines is 1. The van der Waals surface area contributed by atoms with Crippen LogP contribution in [0, 0.1) is 5.41 Å². The summed E-state index contributed by atoms with van der Waals surface area (Å²) in [5.74, 6) is 0.819. The van der Waals surface area contributed by atoms with Crippen LogP contribution >= 0.6 is 0 Å². The van der Waals surface area contributed by atoms with Crippen LogP contribution in [0.4, 0.5) is 5.82 Å². The molecule has 5 rings (SSSR count). The topological polar surface area (TPSA) is 72.3 Å². The molecule has 1 saturated heterocycles. The fourth-order valence-electron chi connectivity index (χ4n) is 4.90. The highest BCUT2D eigenvalue weighted by atomic mass is 32.2. The number of aromatic nitrogens is 2. The Labute approximate surface area is 183 Å². The summed E-state index contributed by atoms with van der Waals surface area (Å²) in [5, 5.41) is -0.525. The van der Waals surface area contributed by atoms with Gasteiger partial charge in [0, 0.05) is 49.2 Å². The number of allylic oxidation sites excluding steroid dienone is 1. The lowest BCUT2D eigenvalue weighted by atomic mass is 9.93. The first kappa shape index (κ1) is 20.5.